The van der Waals surface area contributed by atoms with Gasteiger partial charge < -0.3 is 9.97 Å². The van der Waals surface area contributed by atoms with Gasteiger partial charge in [-0.25, -0.2) is 0 Å². The number of fused-ring (bicyclic) bond motifs is 6. The van der Waals surface area contributed by atoms with E-state index in [-0.39, 0.29) is 10.8 Å². The molecule has 0 atom stereocenters. The van der Waals surface area contributed by atoms with Crippen molar-refractivity contribution in [3.05, 3.63) is 155 Å². The monoisotopic (exact) mass is 740 g/mol. The molecule has 0 amide bonds. The number of H-pyrrole nitrogens is 2. The van der Waals surface area contributed by atoms with Crippen LogP contribution in [0.4, 0.5) is 0 Å². The van der Waals surface area contributed by atoms with Gasteiger partial charge in [0.15, 0.2) is 0 Å². The lowest BCUT2D eigenvalue weighted by atomic mass is 9.86. The minimum absolute atomic E-state index is 0.0842. The number of hydrogen-bond donors (Lipinski definition) is 2. The molecule has 4 heteroatoms. The molecular weight excluding hydrogens is 699 g/mol. The molecule has 0 saturated heterocycles. The van der Waals surface area contributed by atoms with Crippen molar-refractivity contribution in [3.63, 3.8) is 0 Å². The Hall–Kier alpha value is -5.28. The Morgan fingerprint density at radius 3 is 1.11 bits per heavy atom. The van der Waals surface area contributed by atoms with E-state index in [1.165, 1.54) is 22.3 Å². The quantitative estimate of drug-likeness (QED) is 0.180. The molecule has 0 aliphatic heterocycles. The Labute approximate surface area is 326 Å². The van der Waals surface area contributed by atoms with E-state index in [1.54, 1.807) is 0 Å². The number of aromatic amines is 2. The molecule has 9 rings (SSSR count). The van der Waals surface area contributed by atoms with Crippen molar-refractivity contribution in [2.24, 2.45) is 0 Å². The molecule has 0 bridgehead atoms. The van der Waals surface area contributed by atoms with Gasteiger partial charge >= 0.3 is 0 Å². The molecule has 0 spiro atoms. The third kappa shape index (κ3) is 5.72. The van der Waals surface area contributed by atoms with Crippen molar-refractivity contribution in [2.45, 2.75) is 52.4 Å². The summed E-state index contributed by atoms with van der Waals surface area (Å²) in [5, 5.41) is 5.88. The summed E-state index contributed by atoms with van der Waals surface area (Å²) in [6.45, 7) is 13.5. The molecule has 2 aromatic heterocycles. The van der Waals surface area contributed by atoms with Gasteiger partial charge in [0.05, 0.1) is 11.0 Å². The van der Waals surface area contributed by atoms with Gasteiger partial charge in [0, 0.05) is 64.9 Å². The molecule has 266 valence electrons. The molecule has 0 fully saturated rings. The van der Waals surface area contributed by atoms with Crippen molar-refractivity contribution >= 4 is 66.8 Å². The maximum absolute atomic E-state index is 7.14. The average Bonchev–Trinajstić information content (AvgIpc) is 3.72. The Kier molecular flexibility index (Phi) is 8.08. The first kappa shape index (κ1) is 34.5. The highest BCUT2D eigenvalue weighted by Crippen LogP contribution is 2.51. The lowest BCUT2D eigenvalue weighted by molar-refractivity contribution is 0.590. The maximum Gasteiger partial charge on any atom is 0.0559 e. The molecule has 2 nitrogen and oxygen atoms in total. The van der Waals surface area contributed by atoms with Gasteiger partial charge in [0.2, 0.25) is 0 Å². The third-order valence-corrected chi connectivity index (χ3v) is 11.7. The van der Waals surface area contributed by atoms with E-state index in [4.69, 9.17) is 23.2 Å². The zero-order chi connectivity index (χ0) is 37.5. The zero-order valence-electron chi connectivity index (χ0n) is 31.5. The first-order valence-corrected chi connectivity index (χ1v) is 19.4. The van der Waals surface area contributed by atoms with Crippen molar-refractivity contribution in [1.29, 1.82) is 0 Å². The molecule has 2 N–H and O–H groups in total. The first-order valence-electron chi connectivity index (χ1n) is 18.7. The lowest BCUT2D eigenvalue weighted by Gasteiger charge is -2.19. The van der Waals surface area contributed by atoms with Crippen LogP contribution in [0.2, 0.25) is 10.0 Å². The highest BCUT2D eigenvalue weighted by Gasteiger charge is 2.26. The van der Waals surface area contributed by atoms with Crippen LogP contribution < -0.4 is 0 Å². The van der Waals surface area contributed by atoms with Crippen LogP contribution in [0.1, 0.15) is 52.7 Å². The van der Waals surface area contributed by atoms with Gasteiger partial charge in [0.1, 0.15) is 0 Å². The highest BCUT2D eigenvalue weighted by molar-refractivity contribution is 6.39. The maximum atomic E-state index is 7.14. The van der Waals surface area contributed by atoms with Gasteiger partial charge in [-0.1, -0.05) is 162 Å². The second-order valence-electron chi connectivity index (χ2n) is 16.6. The molecular formula is C50H42Cl2N2. The average molecular weight is 742 g/mol. The van der Waals surface area contributed by atoms with Crippen LogP contribution in [0.25, 0.3) is 88.1 Å². The molecule has 0 saturated carbocycles. The summed E-state index contributed by atoms with van der Waals surface area (Å²) in [4.78, 5) is 7.81. The second-order valence-corrected chi connectivity index (χ2v) is 17.4. The lowest BCUT2D eigenvalue weighted by Crippen LogP contribution is -2.10. The Morgan fingerprint density at radius 1 is 0.407 bits per heavy atom. The zero-order valence-corrected chi connectivity index (χ0v) is 33.0. The standard InChI is InChI=1S/C50H42Cl2N2/c1-49(2,3)33-21-15-29(16-22-33)31-19-25-41-37(27-31)45-43(35-11-7-9-13-39(35)51)48-46(44(47(45)53-41)36-12-8-10-14-40(36)52)38-28-32(20-26-42(38)54-48)30-17-23-34(24-18-30)50(4,5)6/h7-28,53-54H,1-6H3. The minimum atomic E-state index is 0.0842. The molecule has 54 heavy (non-hydrogen) atoms. The summed E-state index contributed by atoms with van der Waals surface area (Å²) in [7, 11) is 0. The number of nitrogens with one attached hydrogen (secondary N) is 2. The van der Waals surface area contributed by atoms with E-state index in [1.807, 2.05) is 24.3 Å². The normalized spacial score (nSPS) is 12.4. The molecule has 0 aliphatic rings. The van der Waals surface area contributed by atoms with Crippen LogP contribution in [-0.2, 0) is 10.8 Å². The smallest absolute Gasteiger partial charge is 0.0559 e. The van der Waals surface area contributed by atoms with Crippen molar-refractivity contribution in [1.82, 2.24) is 9.97 Å². The fourth-order valence-corrected chi connectivity index (χ4v) is 8.54. The number of rotatable bonds is 4. The topological polar surface area (TPSA) is 31.6 Å². The Bertz CT molecular complexity index is 2690. The van der Waals surface area contributed by atoms with E-state index in [0.29, 0.717) is 10.0 Å². The van der Waals surface area contributed by atoms with Gasteiger partial charge in [0.25, 0.3) is 0 Å². The van der Waals surface area contributed by atoms with Crippen LogP contribution in [0, 0.1) is 0 Å². The Balaban J connectivity index is 1.40. The second kappa shape index (κ2) is 12.7. The molecule has 7 aromatic carbocycles. The summed E-state index contributed by atoms with van der Waals surface area (Å²) in [5.74, 6) is 0. The van der Waals surface area contributed by atoms with Gasteiger partial charge in [-0.2, -0.15) is 0 Å². The van der Waals surface area contributed by atoms with Crippen LogP contribution in [0.15, 0.2) is 133 Å². The van der Waals surface area contributed by atoms with Gasteiger partial charge in [-0.05, 0) is 80.6 Å². The summed E-state index contributed by atoms with van der Waals surface area (Å²) in [6.07, 6.45) is 0. The van der Waals surface area contributed by atoms with Gasteiger partial charge in [-0.3, -0.25) is 0 Å². The molecule has 2 heterocycles. The van der Waals surface area contributed by atoms with Gasteiger partial charge in [-0.15, -0.1) is 0 Å². The van der Waals surface area contributed by atoms with E-state index >= 15 is 0 Å². The largest absolute Gasteiger partial charge is 0.354 e. The van der Waals surface area contributed by atoms with Crippen LogP contribution >= 0.6 is 23.2 Å². The summed E-state index contributed by atoms with van der Waals surface area (Å²) in [5.41, 5.74) is 15.7. The number of halogens is 2. The number of benzene rings is 7. The minimum Gasteiger partial charge on any atom is -0.354 e. The van der Waals surface area contributed by atoms with E-state index in [9.17, 15) is 0 Å². The summed E-state index contributed by atoms with van der Waals surface area (Å²) >= 11 is 14.3. The first-order chi connectivity index (χ1) is 25.9. The molecule has 0 radical (unpaired) electrons. The summed E-state index contributed by atoms with van der Waals surface area (Å²) < 4.78 is 0. The highest BCUT2D eigenvalue weighted by atomic mass is 35.5. The van der Waals surface area contributed by atoms with E-state index in [0.717, 1.165) is 77.0 Å². The molecule has 0 aliphatic carbocycles. The molecule has 0 unspecified atom stereocenters. The van der Waals surface area contributed by atoms with E-state index < -0.39 is 0 Å². The van der Waals surface area contributed by atoms with Crippen LogP contribution in [0.5, 0.6) is 0 Å². The van der Waals surface area contributed by atoms with Crippen LogP contribution in [0.3, 0.4) is 0 Å². The fourth-order valence-electron chi connectivity index (χ4n) is 8.08. The Morgan fingerprint density at radius 2 is 0.759 bits per heavy atom. The summed E-state index contributed by atoms with van der Waals surface area (Å²) in [6, 6.07) is 47.8. The van der Waals surface area contributed by atoms with Crippen molar-refractivity contribution in [3.8, 4) is 44.5 Å². The number of hydrogen-bond acceptors (Lipinski definition) is 0. The molecule has 9 aromatic rings. The van der Waals surface area contributed by atoms with E-state index in [2.05, 4.69) is 161 Å². The van der Waals surface area contributed by atoms with Crippen molar-refractivity contribution < 1.29 is 0 Å². The SMILES string of the molecule is CC(C)(C)c1ccc(-c2ccc3[nH]c4c(-c5ccccc5Cl)c5c([nH]c6ccc(-c7ccc(C(C)(C)C)cc7)cc65)c(-c5ccccc5Cl)c4c3c2)cc1. The van der Waals surface area contributed by atoms with Crippen LogP contribution in [-0.4, -0.2) is 9.97 Å². The third-order valence-electron chi connectivity index (χ3n) is 11.1. The predicted octanol–water partition coefficient (Wildman–Crippen LogP) is 15.5. The predicted molar refractivity (Wildman–Crippen MR) is 234 cm³/mol. The van der Waals surface area contributed by atoms with Crippen molar-refractivity contribution in [2.75, 3.05) is 0 Å². The number of aromatic nitrogens is 2. The fraction of sp³-hybridized carbons (Fsp3) is 0.160.